The van der Waals surface area contributed by atoms with Gasteiger partial charge in [0.15, 0.2) is 0 Å². The van der Waals surface area contributed by atoms with Crippen molar-refractivity contribution in [1.82, 2.24) is 5.43 Å². The van der Waals surface area contributed by atoms with Crippen LogP contribution in [0.15, 0.2) is 65.8 Å². The fourth-order valence-electron chi connectivity index (χ4n) is 2.72. The van der Waals surface area contributed by atoms with Gasteiger partial charge in [0.05, 0.1) is 26.9 Å². The highest BCUT2D eigenvalue weighted by Crippen LogP contribution is 2.26. The maximum Gasteiger partial charge on any atom is 0.244 e. The zero-order valence-electron chi connectivity index (χ0n) is 14.7. The molecule has 26 heavy (non-hydrogen) atoms. The minimum absolute atomic E-state index is 0.189. The van der Waals surface area contributed by atoms with Crippen molar-refractivity contribution >= 4 is 22.9 Å². The van der Waals surface area contributed by atoms with Gasteiger partial charge in [0.2, 0.25) is 5.91 Å². The van der Waals surface area contributed by atoms with Crippen LogP contribution < -0.4 is 14.9 Å². The molecule has 0 spiro atoms. The Morgan fingerprint density at radius 1 is 1.00 bits per heavy atom. The van der Waals surface area contributed by atoms with Crippen molar-refractivity contribution in [3.05, 3.63) is 71.8 Å². The first-order valence-electron chi connectivity index (χ1n) is 8.22. The van der Waals surface area contributed by atoms with Crippen LogP contribution in [0, 0.1) is 0 Å². The van der Waals surface area contributed by atoms with E-state index < -0.39 is 0 Å². The van der Waals surface area contributed by atoms with Gasteiger partial charge in [-0.3, -0.25) is 4.79 Å². The molecule has 0 fully saturated rings. The second-order valence-electron chi connectivity index (χ2n) is 5.72. The molecular formula is C21H20N2O3. The minimum Gasteiger partial charge on any atom is -0.497 e. The third kappa shape index (κ3) is 4.00. The number of methoxy groups -OCH3 is 2. The fraction of sp³-hybridized carbons (Fsp3) is 0.143. The molecule has 0 atom stereocenters. The molecule has 0 bridgehead atoms. The Balaban J connectivity index is 1.71. The summed E-state index contributed by atoms with van der Waals surface area (Å²) < 4.78 is 10.5. The molecule has 0 heterocycles. The van der Waals surface area contributed by atoms with E-state index >= 15 is 0 Å². The second kappa shape index (κ2) is 8.16. The van der Waals surface area contributed by atoms with E-state index in [2.05, 4.69) is 10.5 Å². The van der Waals surface area contributed by atoms with Crippen molar-refractivity contribution in [2.75, 3.05) is 14.2 Å². The number of fused-ring (bicyclic) bond motifs is 1. The fourth-order valence-corrected chi connectivity index (χ4v) is 2.72. The van der Waals surface area contributed by atoms with Crippen molar-refractivity contribution in [1.29, 1.82) is 0 Å². The molecule has 0 aliphatic heterocycles. The third-order valence-corrected chi connectivity index (χ3v) is 4.06. The van der Waals surface area contributed by atoms with Crippen molar-refractivity contribution < 1.29 is 14.3 Å². The standard InChI is InChI=1S/C21H20N2O3/c1-25-17-10-7-15(8-11-17)13-21(24)23-22-14-19-18-6-4-3-5-16(18)9-12-20(19)26-2/h3-12,14H,13H2,1-2H3,(H,23,24). The van der Waals surface area contributed by atoms with Gasteiger partial charge < -0.3 is 9.47 Å². The van der Waals surface area contributed by atoms with E-state index in [0.29, 0.717) is 5.75 Å². The molecule has 1 N–H and O–H groups in total. The Morgan fingerprint density at radius 3 is 2.50 bits per heavy atom. The van der Waals surface area contributed by atoms with Crippen LogP contribution in [-0.4, -0.2) is 26.3 Å². The van der Waals surface area contributed by atoms with Gasteiger partial charge in [-0.15, -0.1) is 0 Å². The summed E-state index contributed by atoms with van der Waals surface area (Å²) in [5, 5.41) is 6.20. The smallest absolute Gasteiger partial charge is 0.244 e. The topological polar surface area (TPSA) is 59.9 Å². The number of hydrogen-bond acceptors (Lipinski definition) is 4. The van der Waals surface area contributed by atoms with Crippen LogP contribution in [0.25, 0.3) is 10.8 Å². The highest BCUT2D eigenvalue weighted by atomic mass is 16.5. The molecule has 0 radical (unpaired) electrons. The summed E-state index contributed by atoms with van der Waals surface area (Å²) in [4.78, 5) is 12.1. The first-order chi connectivity index (χ1) is 12.7. The van der Waals surface area contributed by atoms with Gasteiger partial charge in [0.25, 0.3) is 0 Å². The predicted molar refractivity (Wildman–Crippen MR) is 103 cm³/mol. The number of carbonyl (C=O) groups is 1. The van der Waals surface area contributed by atoms with E-state index in [1.54, 1.807) is 20.4 Å². The number of nitrogens with one attached hydrogen (secondary N) is 1. The number of carbonyl (C=O) groups excluding carboxylic acids is 1. The van der Waals surface area contributed by atoms with Crippen LogP contribution in [-0.2, 0) is 11.2 Å². The van der Waals surface area contributed by atoms with Crippen molar-refractivity contribution in [2.45, 2.75) is 6.42 Å². The molecule has 132 valence electrons. The van der Waals surface area contributed by atoms with Gasteiger partial charge in [-0.1, -0.05) is 42.5 Å². The maximum atomic E-state index is 12.1. The van der Waals surface area contributed by atoms with Gasteiger partial charge in [0, 0.05) is 5.56 Å². The number of hydrazone groups is 1. The normalized spacial score (nSPS) is 10.8. The number of nitrogens with zero attached hydrogens (tertiary/aromatic N) is 1. The molecule has 1 amide bonds. The SMILES string of the molecule is COc1ccc(CC(=O)NN=Cc2c(OC)ccc3ccccc23)cc1. The lowest BCUT2D eigenvalue weighted by molar-refractivity contribution is -0.120. The Morgan fingerprint density at radius 2 is 1.77 bits per heavy atom. The summed E-state index contributed by atoms with van der Waals surface area (Å²) in [5.74, 6) is 1.28. The Kier molecular flexibility index (Phi) is 5.49. The van der Waals surface area contributed by atoms with Crippen molar-refractivity contribution in [3.63, 3.8) is 0 Å². The van der Waals surface area contributed by atoms with E-state index in [-0.39, 0.29) is 12.3 Å². The summed E-state index contributed by atoms with van der Waals surface area (Å²) in [6, 6.07) is 19.2. The van der Waals surface area contributed by atoms with E-state index in [4.69, 9.17) is 9.47 Å². The summed E-state index contributed by atoms with van der Waals surface area (Å²) in [5.41, 5.74) is 4.29. The number of ether oxygens (including phenoxy) is 2. The molecule has 0 aromatic heterocycles. The third-order valence-electron chi connectivity index (χ3n) is 4.06. The lowest BCUT2D eigenvalue weighted by atomic mass is 10.0. The molecule has 0 unspecified atom stereocenters. The van der Waals surface area contributed by atoms with E-state index in [1.165, 1.54) is 0 Å². The number of hydrogen-bond donors (Lipinski definition) is 1. The van der Waals surface area contributed by atoms with Crippen molar-refractivity contribution in [2.24, 2.45) is 5.10 Å². The number of benzene rings is 3. The van der Waals surface area contributed by atoms with E-state index in [0.717, 1.165) is 27.6 Å². The average molecular weight is 348 g/mol. The number of amides is 1. The van der Waals surface area contributed by atoms with Gasteiger partial charge in [-0.25, -0.2) is 5.43 Å². The molecule has 0 aliphatic carbocycles. The van der Waals surface area contributed by atoms with Crippen molar-refractivity contribution in [3.8, 4) is 11.5 Å². The lowest BCUT2D eigenvalue weighted by Gasteiger charge is -2.08. The summed E-state index contributed by atoms with van der Waals surface area (Å²) in [6.07, 6.45) is 1.86. The first kappa shape index (κ1) is 17.5. The van der Waals surface area contributed by atoms with Crippen LogP contribution in [0.2, 0.25) is 0 Å². The first-order valence-corrected chi connectivity index (χ1v) is 8.22. The quantitative estimate of drug-likeness (QED) is 0.547. The van der Waals surface area contributed by atoms with Gasteiger partial charge in [-0.2, -0.15) is 5.10 Å². The molecule has 0 saturated heterocycles. The maximum absolute atomic E-state index is 12.1. The van der Waals surface area contributed by atoms with Crippen LogP contribution in [0.5, 0.6) is 11.5 Å². The molecular weight excluding hydrogens is 328 g/mol. The second-order valence-corrected chi connectivity index (χ2v) is 5.72. The van der Waals surface area contributed by atoms with Gasteiger partial charge >= 0.3 is 0 Å². The van der Waals surface area contributed by atoms with E-state index in [1.807, 2.05) is 60.7 Å². The average Bonchev–Trinajstić information content (AvgIpc) is 2.68. The Bertz CT molecular complexity index is 934. The zero-order chi connectivity index (χ0) is 18.4. The summed E-state index contributed by atoms with van der Waals surface area (Å²) in [6.45, 7) is 0. The zero-order valence-corrected chi connectivity index (χ0v) is 14.7. The largest absolute Gasteiger partial charge is 0.497 e. The summed E-state index contributed by atoms with van der Waals surface area (Å²) in [7, 11) is 3.22. The minimum atomic E-state index is -0.189. The highest BCUT2D eigenvalue weighted by molar-refractivity contribution is 6.02. The Hall–Kier alpha value is -3.34. The van der Waals surface area contributed by atoms with E-state index in [9.17, 15) is 4.79 Å². The molecule has 5 nitrogen and oxygen atoms in total. The molecule has 0 aliphatic rings. The Labute approximate surface area is 152 Å². The summed E-state index contributed by atoms with van der Waals surface area (Å²) >= 11 is 0. The predicted octanol–water partition coefficient (Wildman–Crippen LogP) is 3.55. The van der Waals surface area contributed by atoms with Crippen LogP contribution in [0.4, 0.5) is 0 Å². The molecule has 3 aromatic rings. The van der Waals surface area contributed by atoms with Gasteiger partial charge in [0.1, 0.15) is 11.5 Å². The molecule has 0 saturated carbocycles. The highest BCUT2D eigenvalue weighted by Gasteiger charge is 2.07. The van der Waals surface area contributed by atoms with Crippen LogP contribution >= 0.6 is 0 Å². The number of rotatable bonds is 6. The monoisotopic (exact) mass is 348 g/mol. The van der Waals surface area contributed by atoms with Crippen LogP contribution in [0.1, 0.15) is 11.1 Å². The molecule has 3 aromatic carbocycles. The molecule has 5 heteroatoms. The lowest BCUT2D eigenvalue weighted by Crippen LogP contribution is -2.19. The molecule has 3 rings (SSSR count). The van der Waals surface area contributed by atoms with Gasteiger partial charge in [-0.05, 0) is 34.5 Å². The van der Waals surface area contributed by atoms with Crippen LogP contribution in [0.3, 0.4) is 0 Å².